The van der Waals surface area contributed by atoms with Gasteiger partial charge in [-0.1, -0.05) is 68.0 Å². The topological polar surface area (TPSA) is 125 Å². The third kappa shape index (κ3) is 5.55. The molecule has 5 rings (SSSR count). The fourth-order valence-electron chi connectivity index (χ4n) is 6.52. The third-order valence-corrected chi connectivity index (χ3v) is 8.49. The van der Waals surface area contributed by atoms with Crippen molar-refractivity contribution < 1.29 is 33.8 Å². The highest BCUT2D eigenvalue weighted by molar-refractivity contribution is 5.99. The van der Waals surface area contributed by atoms with Gasteiger partial charge in [-0.15, -0.1) is 0 Å². The minimum Gasteiger partial charge on any atom is -0.463 e. The Morgan fingerprint density at radius 1 is 1.05 bits per heavy atom. The number of aliphatic hydroxyl groups is 1. The smallest absolute Gasteiger partial charge is 0.306 e. The van der Waals surface area contributed by atoms with Crippen molar-refractivity contribution in [3.05, 3.63) is 60.2 Å². The molecule has 6 atom stereocenters. The summed E-state index contributed by atoms with van der Waals surface area (Å²) in [5, 5.41) is 12.6. The molecule has 2 saturated heterocycles. The monoisotopic (exact) mass is 565 g/mol. The van der Waals surface area contributed by atoms with Gasteiger partial charge in [0.25, 0.3) is 0 Å². The van der Waals surface area contributed by atoms with Crippen LogP contribution in [0.1, 0.15) is 50.6 Å². The van der Waals surface area contributed by atoms with E-state index in [1.165, 1.54) is 4.90 Å². The van der Waals surface area contributed by atoms with Crippen LogP contribution >= 0.6 is 0 Å². The van der Waals surface area contributed by atoms with Gasteiger partial charge >= 0.3 is 5.97 Å². The van der Waals surface area contributed by atoms with Gasteiger partial charge in [-0.05, 0) is 24.8 Å². The van der Waals surface area contributed by atoms with Crippen molar-refractivity contribution in [2.45, 2.75) is 62.8 Å². The Morgan fingerprint density at radius 3 is 2.61 bits per heavy atom. The molecule has 1 aromatic rings. The lowest BCUT2D eigenvalue weighted by atomic mass is 9.77. The van der Waals surface area contributed by atoms with E-state index in [1.807, 2.05) is 42.5 Å². The van der Waals surface area contributed by atoms with Gasteiger partial charge in [0.05, 0.1) is 24.0 Å². The number of unbranched alkanes of at least 4 members (excludes halogenated alkanes) is 1. The number of amides is 3. The van der Waals surface area contributed by atoms with Crippen LogP contribution < -0.4 is 5.32 Å². The number of ether oxygens (including phenoxy) is 2. The molecule has 4 heterocycles. The number of carbonyl (C=O) groups is 4. The summed E-state index contributed by atoms with van der Waals surface area (Å²) < 4.78 is 12.2. The summed E-state index contributed by atoms with van der Waals surface area (Å²) in [4.78, 5) is 58.0. The Morgan fingerprint density at radius 2 is 1.85 bits per heavy atom. The molecule has 0 aliphatic carbocycles. The van der Waals surface area contributed by atoms with Crippen LogP contribution in [0.25, 0.3) is 0 Å². The van der Waals surface area contributed by atoms with Gasteiger partial charge in [0.2, 0.25) is 17.7 Å². The molecule has 0 saturated carbocycles. The van der Waals surface area contributed by atoms with E-state index < -0.39 is 41.5 Å². The van der Waals surface area contributed by atoms with E-state index in [4.69, 9.17) is 9.47 Å². The molecule has 220 valence electrons. The van der Waals surface area contributed by atoms with Crippen LogP contribution in [0.4, 0.5) is 0 Å². The molecule has 10 heteroatoms. The standard InChI is InChI=1S/C31H39N3O7/c1-2-3-16-33-17-9-15-31-26(29(38)34(18-10-19-35)27(31)30(33)39)25-23(41-31)13-7-8-14-24(36)40-20-22(32-28(25)37)21-11-5-4-6-12-21/h4-7,9,11-13,15,22-23,25-27,35H,2-3,8,10,14,16-20H2,1H3,(H,32,37)/b13-7-/t22-,23+,25-,26-,27+,31-/m1/s1. The van der Waals surface area contributed by atoms with Crippen molar-refractivity contribution in [1.29, 1.82) is 0 Å². The number of fused-ring (bicyclic) bond motifs is 2. The Hall–Kier alpha value is -3.50. The number of carbonyl (C=O) groups excluding carboxylic acids is 4. The molecule has 1 spiro atoms. The fraction of sp³-hybridized carbons (Fsp3) is 0.548. The first kappa shape index (κ1) is 29.0. The molecule has 1 aromatic carbocycles. The molecular weight excluding hydrogens is 526 g/mol. The maximum absolute atomic E-state index is 14.2. The summed E-state index contributed by atoms with van der Waals surface area (Å²) in [5.74, 6) is -3.17. The minimum absolute atomic E-state index is 0.0453. The summed E-state index contributed by atoms with van der Waals surface area (Å²) in [6.45, 7) is 3.00. The number of hydrogen-bond acceptors (Lipinski definition) is 7. The van der Waals surface area contributed by atoms with Crippen LogP contribution in [0, 0.1) is 11.8 Å². The average Bonchev–Trinajstić information content (AvgIpc) is 3.36. The number of esters is 1. The van der Waals surface area contributed by atoms with Crippen LogP contribution in [0.2, 0.25) is 0 Å². The highest BCUT2D eigenvalue weighted by Crippen LogP contribution is 2.52. The van der Waals surface area contributed by atoms with E-state index in [0.717, 1.165) is 18.4 Å². The van der Waals surface area contributed by atoms with E-state index in [-0.39, 0.29) is 44.0 Å². The minimum atomic E-state index is -1.34. The number of allylic oxidation sites excluding steroid dienone is 1. The summed E-state index contributed by atoms with van der Waals surface area (Å²) >= 11 is 0. The predicted molar refractivity (Wildman–Crippen MR) is 149 cm³/mol. The number of hydrogen-bond donors (Lipinski definition) is 2. The number of benzene rings is 1. The van der Waals surface area contributed by atoms with E-state index in [1.54, 1.807) is 17.1 Å². The van der Waals surface area contributed by atoms with Gasteiger partial charge in [-0.25, -0.2) is 0 Å². The summed E-state index contributed by atoms with van der Waals surface area (Å²) in [5.41, 5.74) is -0.571. The lowest BCUT2D eigenvalue weighted by Crippen LogP contribution is -2.55. The second kappa shape index (κ2) is 12.6. The Bertz CT molecular complexity index is 1200. The lowest BCUT2D eigenvalue weighted by Gasteiger charge is -2.35. The Balaban J connectivity index is 1.56. The molecule has 41 heavy (non-hydrogen) atoms. The fourth-order valence-corrected chi connectivity index (χ4v) is 6.52. The number of aliphatic hydroxyl groups excluding tert-OH is 1. The zero-order valence-corrected chi connectivity index (χ0v) is 23.4. The zero-order chi connectivity index (χ0) is 29.0. The maximum Gasteiger partial charge on any atom is 0.306 e. The first-order chi connectivity index (χ1) is 19.9. The molecular formula is C31H39N3O7. The highest BCUT2D eigenvalue weighted by Gasteiger charge is 2.71. The molecule has 10 nitrogen and oxygen atoms in total. The third-order valence-electron chi connectivity index (χ3n) is 8.49. The van der Waals surface area contributed by atoms with E-state index in [0.29, 0.717) is 25.9 Å². The first-order valence-corrected chi connectivity index (χ1v) is 14.6. The van der Waals surface area contributed by atoms with Gasteiger partial charge < -0.3 is 29.7 Å². The molecule has 0 aromatic heterocycles. The van der Waals surface area contributed by atoms with Crippen LogP contribution in [-0.2, 0) is 28.7 Å². The molecule has 2 fully saturated rings. The van der Waals surface area contributed by atoms with Crippen molar-refractivity contribution in [2.24, 2.45) is 11.8 Å². The predicted octanol–water partition coefficient (Wildman–Crippen LogP) is 1.90. The molecule has 4 aliphatic heterocycles. The number of nitrogens with zero attached hydrogens (tertiary/aromatic N) is 2. The van der Waals surface area contributed by atoms with Gasteiger partial charge in [0, 0.05) is 32.7 Å². The maximum atomic E-state index is 14.2. The van der Waals surface area contributed by atoms with Crippen LogP contribution in [0.5, 0.6) is 0 Å². The number of likely N-dealkylation sites (tertiary alicyclic amines) is 1. The Labute approximate surface area is 240 Å². The zero-order valence-electron chi connectivity index (χ0n) is 23.4. The van der Waals surface area contributed by atoms with Crippen molar-refractivity contribution in [2.75, 3.05) is 32.8 Å². The number of rotatable bonds is 7. The van der Waals surface area contributed by atoms with Crippen molar-refractivity contribution >= 4 is 23.7 Å². The van der Waals surface area contributed by atoms with Crippen molar-refractivity contribution in [3.63, 3.8) is 0 Å². The van der Waals surface area contributed by atoms with Crippen molar-refractivity contribution in [3.8, 4) is 0 Å². The summed E-state index contributed by atoms with van der Waals surface area (Å²) in [6, 6.07) is 7.67. The molecule has 0 bridgehead atoms. The second-order valence-corrected chi connectivity index (χ2v) is 11.1. The van der Waals surface area contributed by atoms with E-state index >= 15 is 0 Å². The average molecular weight is 566 g/mol. The Kier molecular flexibility index (Phi) is 8.89. The number of nitrogens with one attached hydrogen (secondary N) is 1. The molecule has 0 unspecified atom stereocenters. The lowest BCUT2D eigenvalue weighted by molar-refractivity contribution is -0.148. The molecule has 2 N–H and O–H groups in total. The van der Waals surface area contributed by atoms with E-state index in [2.05, 4.69) is 12.2 Å². The molecule has 0 radical (unpaired) electrons. The van der Waals surface area contributed by atoms with Gasteiger partial charge in [0.15, 0.2) is 0 Å². The largest absolute Gasteiger partial charge is 0.463 e. The first-order valence-electron chi connectivity index (χ1n) is 14.6. The van der Waals surface area contributed by atoms with E-state index in [9.17, 15) is 24.3 Å². The SMILES string of the molecule is CCCCN1CC=C[C@@]23O[C@H]4/C=C\CCC(=O)OC[C@H](c5ccccc5)NC(=O)[C@H]4[C@@H]2C(=O)N(CCCO)[C@H]3C1=O. The van der Waals surface area contributed by atoms with Crippen LogP contribution in [0.15, 0.2) is 54.6 Å². The quantitative estimate of drug-likeness (QED) is 0.382. The number of cyclic esters (lactones) is 1. The van der Waals surface area contributed by atoms with Gasteiger partial charge in [-0.3, -0.25) is 19.2 Å². The van der Waals surface area contributed by atoms with Crippen LogP contribution in [0.3, 0.4) is 0 Å². The van der Waals surface area contributed by atoms with Crippen LogP contribution in [-0.4, -0.2) is 89.2 Å². The van der Waals surface area contributed by atoms with Crippen molar-refractivity contribution in [1.82, 2.24) is 15.1 Å². The summed E-state index contributed by atoms with van der Waals surface area (Å²) in [7, 11) is 0. The van der Waals surface area contributed by atoms with Gasteiger partial charge in [-0.2, -0.15) is 0 Å². The molecule has 4 aliphatic rings. The summed E-state index contributed by atoms with van der Waals surface area (Å²) in [6.07, 6.45) is 9.03. The second-order valence-electron chi connectivity index (χ2n) is 11.1. The highest BCUT2D eigenvalue weighted by atomic mass is 16.5. The van der Waals surface area contributed by atoms with Gasteiger partial charge in [0.1, 0.15) is 18.2 Å². The molecule has 3 amide bonds. The normalized spacial score (nSPS) is 32.7.